The molecule has 30 heavy (non-hydrogen) atoms. The SMILES string of the molecule is COc1cc(C(O)C(CO)Oc2cccc([N+](=O)[O-])c2OC)c([N+](=O)[O-])cc1OC. The third-order valence-corrected chi connectivity index (χ3v) is 4.22. The van der Waals surface area contributed by atoms with E-state index < -0.39 is 40.0 Å². The molecule has 0 spiro atoms. The number of hydrogen-bond acceptors (Lipinski definition) is 10. The second kappa shape index (κ2) is 9.71. The summed E-state index contributed by atoms with van der Waals surface area (Å²) in [4.78, 5) is 21.2. The van der Waals surface area contributed by atoms with Gasteiger partial charge in [-0.25, -0.2) is 0 Å². The topological polar surface area (TPSA) is 164 Å². The van der Waals surface area contributed by atoms with Crippen molar-refractivity contribution in [3.8, 4) is 23.0 Å². The fraction of sp³-hybridized carbons (Fsp3) is 0.333. The van der Waals surface area contributed by atoms with E-state index in [1.807, 2.05) is 0 Å². The van der Waals surface area contributed by atoms with Crippen molar-refractivity contribution in [2.75, 3.05) is 27.9 Å². The van der Waals surface area contributed by atoms with Crippen LogP contribution >= 0.6 is 0 Å². The first kappa shape index (κ1) is 22.6. The molecule has 12 heteroatoms. The summed E-state index contributed by atoms with van der Waals surface area (Å²) in [5.41, 5.74) is -1.09. The zero-order valence-corrected chi connectivity index (χ0v) is 16.3. The van der Waals surface area contributed by atoms with Gasteiger partial charge in [0.25, 0.3) is 5.69 Å². The standard InChI is InChI=1S/C18H20N2O10/c1-27-14-7-10(12(20(25)26)8-15(14)28-2)17(22)16(9-21)30-13-6-4-5-11(19(23)24)18(13)29-3/h4-8,16-17,21-22H,9H2,1-3H3. The maximum absolute atomic E-state index is 11.5. The molecule has 0 aromatic heterocycles. The molecule has 0 saturated carbocycles. The van der Waals surface area contributed by atoms with Crippen LogP contribution in [0.4, 0.5) is 11.4 Å². The first-order valence-corrected chi connectivity index (χ1v) is 8.46. The van der Waals surface area contributed by atoms with Crippen LogP contribution in [0.1, 0.15) is 11.7 Å². The fourth-order valence-electron chi connectivity index (χ4n) is 2.79. The summed E-state index contributed by atoms with van der Waals surface area (Å²) in [6.45, 7) is -0.765. The lowest BCUT2D eigenvalue weighted by Crippen LogP contribution is -2.30. The highest BCUT2D eigenvalue weighted by atomic mass is 16.6. The van der Waals surface area contributed by atoms with Gasteiger partial charge in [-0.05, 0) is 12.1 Å². The number of aliphatic hydroxyl groups is 2. The Kier molecular flexibility index (Phi) is 7.33. The van der Waals surface area contributed by atoms with Gasteiger partial charge in [0.1, 0.15) is 6.10 Å². The summed E-state index contributed by atoms with van der Waals surface area (Å²) in [7, 11) is 3.80. The minimum Gasteiger partial charge on any atom is -0.493 e. The van der Waals surface area contributed by atoms with E-state index in [2.05, 4.69) is 0 Å². The number of methoxy groups -OCH3 is 3. The Hall–Kier alpha value is -3.64. The van der Waals surface area contributed by atoms with Crippen LogP contribution < -0.4 is 18.9 Å². The Morgan fingerprint density at radius 1 is 0.933 bits per heavy atom. The van der Waals surface area contributed by atoms with E-state index in [0.29, 0.717) is 0 Å². The maximum atomic E-state index is 11.5. The van der Waals surface area contributed by atoms with E-state index in [1.54, 1.807) is 0 Å². The van der Waals surface area contributed by atoms with E-state index in [0.717, 1.165) is 6.07 Å². The summed E-state index contributed by atoms with van der Waals surface area (Å²) in [6, 6.07) is 6.12. The average molecular weight is 424 g/mol. The molecule has 162 valence electrons. The molecule has 12 nitrogen and oxygen atoms in total. The second-order valence-electron chi connectivity index (χ2n) is 5.87. The van der Waals surface area contributed by atoms with Crippen LogP contribution in [0.5, 0.6) is 23.0 Å². The molecule has 0 aliphatic heterocycles. The Morgan fingerprint density at radius 3 is 2.03 bits per heavy atom. The van der Waals surface area contributed by atoms with Crippen LogP contribution in [0.2, 0.25) is 0 Å². The smallest absolute Gasteiger partial charge is 0.314 e. The van der Waals surface area contributed by atoms with Crippen molar-refractivity contribution in [1.29, 1.82) is 0 Å². The van der Waals surface area contributed by atoms with Gasteiger partial charge in [0.15, 0.2) is 23.4 Å². The Balaban J connectivity index is 2.49. The molecule has 0 amide bonds. The molecule has 0 radical (unpaired) electrons. The van der Waals surface area contributed by atoms with Gasteiger partial charge in [-0.1, -0.05) is 6.07 Å². The lowest BCUT2D eigenvalue weighted by molar-refractivity contribution is -0.386. The van der Waals surface area contributed by atoms with E-state index in [1.165, 1.54) is 45.6 Å². The summed E-state index contributed by atoms with van der Waals surface area (Å²) >= 11 is 0. The van der Waals surface area contributed by atoms with Gasteiger partial charge in [-0.15, -0.1) is 0 Å². The van der Waals surface area contributed by atoms with Crippen molar-refractivity contribution in [3.05, 3.63) is 56.1 Å². The van der Waals surface area contributed by atoms with Gasteiger partial charge < -0.3 is 29.2 Å². The van der Waals surface area contributed by atoms with Crippen molar-refractivity contribution in [2.45, 2.75) is 12.2 Å². The van der Waals surface area contributed by atoms with Crippen LogP contribution in [-0.2, 0) is 0 Å². The van der Waals surface area contributed by atoms with Gasteiger partial charge in [-0.3, -0.25) is 20.2 Å². The minimum absolute atomic E-state index is 0.0713. The normalized spacial score (nSPS) is 12.6. The predicted molar refractivity (Wildman–Crippen MR) is 102 cm³/mol. The number of para-hydroxylation sites is 1. The molecule has 0 fully saturated rings. The van der Waals surface area contributed by atoms with Gasteiger partial charge in [-0.2, -0.15) is 0 Å². The maximum Gasteiger partial charge on any atom is 0.314 e. The van der Waals surface area contributed by atoms with Crippen molar-refractivity contribution < 1.29 is 39.0 Å². The third-order valence-electron chi connectivity index (χ3n) is 4.22. The summed E-state index contributed by atoms with van der Waals surface area (Å²) in [5, 5.41) is 43.1. The first-order chi connectivity index (χ1) is 14.3. The van der Waals surface area contributed by atoms with Crippen LogP contribution in [0, 0.1) is 20.2 Å². The molecule has 2 rings (SSSR count). The number of hydrogen-bond donors (Lipinski definition) is 2. The Morgan fingerprint density at radius 2 is 1.53 bits per heavy atom. The number of rotatable bonds is 10. The van der Waals surface area contributed by atoms with Crippen molar-refractivity contribution in [2.24, 2.45) is 0 Å². The third kappa shape index (κ3) is 4.50. The van der Waals surface area contributed by atoms with Gasteiger partial charge >= 0.3 is 5.69 Å². The highest BCUT2D eigenvalue weighted by Crippen LogP contribution is 2.41. The summed E-state index contributed by atoms with van der Waals surface area (Å²) in [5.74, 6) is -0.174. The monoisotopic (exact) mass is 424 g/mol. The first-order valence-electron chi connectivity index (χ1n) is 8.46. The van der Waals surface area contributed by atoms with Crippen molar-refractivity contribution in [1.82, 2.24) is 0 Å². The molecular formula is C18H20N2O10. The number of benzene rings is 2. The van der Waals surface area contributed by atoms with Gasteiger partial charge in [0, 0.05) is 6.07 Å². The molecule has 0 heterocycles. The van der Waals surface area contributed by atoms with Crippen LogP contribution in [0.25, 0.3) is 0 Å². The predicted octanol–water partition coefficient (Wildman–Crippen LogP) is 2.00. The zero-order valence-electron chi connectivity index (χ0n) is 16.3. The Labute approximate surface area is 170 Å². The largest absolute Gasteiger partial charge is 0.493 e. The molecule has 2 aromatic carbocycles. The van der Waals surface area contributed by atoms with Gasteiger partial charge in [0.05, 0.1) is 49.4 Å². The minimum atomic E-state index is -1.70. The Bertz CT molecular complexity index is 933. The van der Waals surface area contributed by atoms with E-state index >= 15 is 0 Å². The number of nitro benzene ring substituents is 2. The highest BCUT2D eigenvalue weighted by Gasteiger charge is 2.32. The highest BCUT2D eigenvalue weighted by molar-refractivity contribution is 5.57. The number of nitrogens with zero attached hydrogens (tertiary/aromatic N) is 2. The quantitative estimate of drug-likeness (QED) is 0.426. The van der Waals surface area contributed by atoms with Crippen LogP contribution in [0.3, 0.4) is 0 Å². The van der Waals surface area contributed by atoms with Crippen LogP contribution in [-0.4, -0.2) is 54.1 Å². The molecule has 0 bridgehead atoms. The molecule has 2 aromatic rings. The fourth-order valence-corrected chi connectivity index (χ4v) is 2.79. The zero-order chi connectivity index (χ0) is 22.4. The molecular weight excluding hydrogens is 404 g/mol. The lowest BCUT2D eigenvalue weighted by atomic mass is 10.0. The van der Waals surface area contributed by atoms with E-state index in [-0.39, 0.29) is 28.6 Å². The number of nitro groups is 2. The molecule has 0 aliphatic carbocycles. The van der Waals surface area contributed by atoms with Crippen LogP contribution in [0.15, 0.2) is 30.3 Å². The molecule has 2 N–H and O–H groups in total. The average Bonchev–Trinajstić information content (AvgIpc) is 2.75. The van der Waals surface area contributed by atoms with Crippen molar-refractivity contribution >= 4 is 11.4 Å². The second-order valence-corrected chi connectivity index (χ2v) is 5.87. The van der Waals surface area contributed by atoms with Gasteiger partial charge in [0.2, 0.25) is 5.75 Å². The van der Waals surface area contributed by atoms with Crippen molar-refractivity contribution in [3.63, 3.8) is 0 Å². The number of ether oxygens (including phenoxy) is 4. The summed E-state index contributed by atoms with van der Waals surface area (Å²) < 4.78 is 20.7. The molecule has 2 unspecified atom stereocenters. The summed E-state index contributed by atoms with van der Waals surface area (Å²) in [6.07, 6.45) is -3.11. The van der Waals surface area contributed by atoms with E-state index in [9.17, 15) is 30.4 Å². The molecule has 0 aliphatic rings. The molecule has 2 atom stereocenters. The molecule has 0 saturated heterocycles. The lowest BCUT2D eigenvalue weighted by Gasteiger charge is -2.24. The number of aliphatic hydroxyl groups excluding tert-OH is 2. The van der Waals surface area contributed by atoms with E-state index in [4.69, 9.17) is 18.9 Å².